The lowest BCUT2D eigenvalue weighted by Gasteiger charge is -2.00. The summed E-state index contributed by atoms with van der Waals surface area (Å²) in [6.07, 6.45) is 0. The Balaban J connectivity index is 2.60. The van der Waals surface area contributed by atoms with Crippen molar-refractivity contribution in [1.29, 1.82) is 0 Å². The van der Waals surface area contributed by atoms with Crippen LogP contribution < -0.4 is 0 Å². The molecule has 11 heavy (non-hydrogen) atoms. The van der Waals surface area contributed by atoms with E-state index in [9.17, 15) is 4.79 Å². The van der Waals surface area contributed by atoms with Crippen LogP contribution in [-0.2, 0) is 4.74 Å². The van der Waals surface area contributed by atoms with Crippen LogP contribution in [0.4, 0.5) is 0 Å². The summed E-state index contributed by atoms with van der Waals surface area (Å²) >= 11 is 0. The van der Waals surface area contributed by atoms with E-state index in [1.54, 1.807) is 18.2 Å². The highest BCUT2D eigenvalue weighted by Gasteiger charge is 2.25. The predicted octanol–water partition coefficient (Wildman–Crippen LogP) is 1.02. The molecule has 1 heterocycles. The number of hydrogen-bond donors (Lipinski definition) is 0. The van der Waals surface area contributed by atoms with Crippen LogP contribution in [0.1, 0.15) is 21.9 Å². The molecule has 2 radical (unpaired) electrons. The van der Waals surface area contributed by atoms with Crippen molar-refractivity contribution >= 4 is 13.8 Å². The lowest BCUT2D eigenvalue weighted by Crippen LogP contribution is -1.96. The summed E-state index contributed by atoms with van der Waals surface area (Å²) in [6, 6.07) is 6.56. The van der Waals surface area contributed by atoms with E-state index >= 15 is 0 Å². The van der Waals surface area contributed by atoms with Gasteiger partial charge in [0.05, 0.1) is 11.6 Å². The maximum absolute atomic E-state index is 11.0. The SMILES string of the molecule is [B]C1OC(=O)c2ccccc21. The Hall–Kier alpha value is -1.25. The molecule has 1 aromatic carbocycles. The molecular formula is C8H5BO2. The van der Waals surface area contributed by atoms with Crippen molar-refractivity contribution in [1.82, 2.24) is 0 Å². The minimum absolute atomic E-state index is 0.326. The standard InChI is InChI=1S/C8H5BO2/c9-7-5-3-1-2-4-6(5)8(10)11-7/h1-4,7H. The topological polar surface area (TPSA) is 26.3 Å². The van der Waals surface area contributed by atoms with Crippen LogP contribution in [0.2, 0.25) is 0 Å². The van der Waals surface area contributed by atoms with E-state index in [4.69, 9.17) is 12.6 Å². The van der Waals surface area contributed by atoms with Gasteiger partial charge in [-0.15, -0.1) is 0 Å². The lowest BCUT2D eigenvalue weighted by atomic mass is 9.91. The zero-order valence-corrected chi connectivity index (χ0v) is 5.78. The van der Waals surface area contributed by atoms with Crippen molar-refractivity contribution < 1.29 is 9.53 Å². The van der Waals surface area contributed by atoms with Gasteiger partial charge < -0.3 is 4.74 Å². The Bertz CT molecular complexity index is 309. The molecule has 1 aromatic rings. The molecule has 1 unspecified atom stereocenters. The van der Waals surface area contributed by atoms with Crippen molar-refractivity contribution in [2.45, 2.75) is 6.00 Å². The van der Waals surface area contributed by atoms with Crippen LogP contribution in [0.15, 0.2) is 24.3 Å². The van der Waals surface area contributed by atoms with Crippen molar-refractivity contribution in [3.63, 3.8) is 0 Å². The van der Waals surface area contributed by atoms with Crippen LogP contribution >= 0.6 is 0 Å². The summed E-state index contributed by atoms with van der Waals surface area (Å²) < 4.78 is 4.77. The third-order valence-electron chi connectivity index (χ3n) is 1.72. The van der Waals surface area contributed by atoms with Gasteiger partial charge in [0.25, 0.3) is 0 Å². The number of cyclic esters (lactones) is 1. The second kappa shape index (κ2) is 2.12. The third-order valence-corrected chi connectivity index (χ3v) is 1.72. The maximum atomic E-state index is 11.0. The summed E-state index contributed by atoms with van der Waals surface area (Å²) in [5, 5.41) is 0. The zero-order valence-electron chi connectivity index (χ0n) is 5.78. The first-order valence-electron chi connectivity index (χ1n) is 3.34. The molecule has 1 aliphatic heterocycles. The molecule has 0 saturated heterocycles. The Morgan fingerprint density at radius 2 is 2.09 bits per heavy atom. The van der Waals surface area contributed by atoms with Crippen LogP contribution in [0.25, 0.3) is 0 Å². The van der Waals surface area contributed by atoms with Gasteiger partial charge in [0, 0.05) is 0 Å². The van der Waals surface area contributed by atoms with Gasteiger partial charge >= 0.3 is 5.97 Å². The minimum Gasteiger partial charge on any atom is -0.465 e. The molecule has 1 atom stereocenters. The second-order valence-corrected chi connectivity index (χ2v) is 2.41. The molecule has 52 valence electrons. The smallest absolute Gasteiger partial charge is 0.338 e. The first-order valence-corrected chi connectivity index (χ1v) is 3.34. The Morgan fingerprint density at radius 1 is 1.36 bits per heavy atom. The molecule has 0 N–H and O–H groups in total. The fourth-order valence-electron chi connectivity index (χ4n) is 1.17. The van der Waals surface area contributed by atoms with Gasteiger partial charge in [0.1, 0.15) is 7.85 Å². The molecule has 0 aliphatic carbocycles. The monoisotopic (exact) mass is 144 g/mol. The minimum atomic E-state index is -0.571. The highest BCUT2D eigenvalue weighted by molar-refractivity contribution is 6.15. The van der Waals surface area contributed by atoms with E-state index < -0.39 is 6.00 Å². The fourth-order valence-corrected chi connectivity index (χ4v) is 1.17. The first kappa shape index (κ1) is 6.46. The van der Waals surface area contributed by atoms with Crippen molar-refractivity contribution in [2.24, 2.45) is 0 Å². The molecule has 0 fully saturated rings. The molecule has 2 nitrogen and oxygen atoms in total. The highest BCUT2D eigenvalue weighted by Crippen LogP contribution is 2.27. The van der Waals surface area contributed by atoms with Gasteiger partial charge in [0.15, 0.2) is 0 Å². The van der Waals surface area contributed by atoms with Gasteiger partial charge in [-0.25, -0.2) is 4.79 Å². The van der Waals surface area contributed by atoms with Gasteiger partial charge in [-0.05, 0) is 11.6 Å². The van der Waals surface area contributed by atoms with Crippen molar-refractivity contribution in [3.8, 4) is 0 Å². The number of carbonyl (C=O) groups is 1. The maximum Gasteiger partial charge on any atom is 0.338 e. The molecule has 0 amide bonds. The number of fused-ring (bicyclic) bond motifs is 1. The molecule has 0 aromatic heterocycles. The zero-order chi connectivity index (χ0) is 7.84. The fraction of sp³-hybridized carbons (Fsp3) is 0.125. The predicted molar refractivity (Wildman–Crippen MR) is 40.4 cm³/mol. The summed E-state index contributed by atoms with van der Waals surface area (Å²) in [5.41, 5.74) is 1.36. The normalized spacial score (nSPS) is 21.1. The average Bonchev–Trinajstić information content (AvgIpc) is 2.30. The lowest BCUT2D eigenvalue weighted by molar-refractivity contribution is 0.0512. The van der Waals surface area contributed by atoms with E-state index in [-0.39, 0.29) is 5.97 Å². The van der Waals surface area contributed by atoms with Crippen LogP contribution in [0, 0.1) is 0 Å². The van der Waals surface area contributed by atoms with Gasteiger partial charge in [-0.3, -0.25) is 0 Å². The summed E-state index contributed by atoms with van der Waals surface area (Å²) in [7, 11) is 5.49. The van der Waals surface area contributed by atoms with Gasteiger partial charge in [-0.1, -0.05) is 18.2 Å². The van der Waals surface area contributed by atoms with E-state index in [1.807, 2.05) is 6.07 Å². The quantitative estimate of drug-likeness (QED) is 0.401. The van der Waals surface area contributed by atoms with E-state index in [0.29, 0.717) is 5.56 Å². The van der Waals surface area contributed by atoms with Crippen LogP contribution in [0.5, 0.6) is 0 Å². The number of esters is 1. The Morgan fingerprint density at radius 3 is 2.82 bits per heavy atom. The third kappa shape index (κ3) is 0.844. The van der Waals surface area contributed by atoms with Crippen molar-refractivity contribution in [2.75, 3.05) is 0 Å². The molecular weight excluding hydrogens is 139 g/mol. The summed E-state index contributed by atoms with van der Waals surface area (Å²) in [6.45, 7) is 0. The highest BCUT2D eigenvalue weighted by atomic mass is 16.5. The number of rotatable bonds is 0. The molecule has 0 saturated carbocycles. The summed E-state index contributed by atoms with van der Waals surface area (Å²) in [4.78, 5) is 11.0. The molecule has 0 spiro atoms. The van der Waals surface area contributed by atoms with Gasteiger partial charge in [-0.2, -0.15) is 0 Å². The molecule has 1 aliphatic rings. The van der Waals surface area contributed by atoms with Crippen LogP contribution in [-0.4, -0.2) is 13.8 Å². The van der Waals surface area contributed by atoms with Crippen molar-refractivity contribution in [3.05, 3.63) is 35.4 Å². The van der Waals surface area contributed by atoms with E-state index in [0.717, 1.165) is 5.56 Å². The molecule has 0 bridgehead atoms. The largest absolute Gasteiger partial charge is 0.465 e. The van der Waals surface area contributed by atoms with E-state index in [1.165, 1.54) is 0 Å². The number of hydrogen-bond acceptors (Lipinski definition) is 2. The number of carbonyl (C=O) groups excluding carboxylic acids is 1. The number of benzene rings is 1. The Kier molecular flexibility index (Phi) is 1.25. The Labute approximate surface area is 65.6 Å². The first-order chi connectivity index (χ1) is 5.29. The van der Waals surface area contributed by atoms with E-state index in [2.05, 4.69) is 0 Å². The van der Waals surface area contributed by atoms with Crippen LogP contribution in [0.3, 0.4) is 0 Å². The number of ether oxygens (including phenoxy) is 1. The van der Waals surface area contributed by atoms with Gasteiger partial charge in [0.2, 0.25) is 0 Å². The molecule has 2 rings (SSSR count). The molecule has 3 heteroatoms. The summed E-state index contributed by atoms with van der Waals surface area (Å²) in [5.74, 6) is -0.326. The second-order valence-electron chi connectivity index (χ2n) is 2.41. The average molecular weight is 144 g/mol.